The first-order chi connectivity index (χ1) is 11.0. The van der Waals surface area contributed by atoms with Crippen molar-refractivity contribution in [3.63, 3.8) is 0 Å². The molecule has 3 rings (SSSR count). The summed E-state index contributed by atoms with van der Waals surface area (Å²) in [5, 5.41) is 14.1. The van der Waals surface area contributed by atoms with Crippen LogP contribution >= 0.6 is 0 Å². The Bertz CT molecular complexity index is 800. The van der Waals surface area contributed by atoms with Crippen molar-refractivity contribution in [1.82, 2.24) is 4.98 Å². The molecule has 0 saturated carbocycles. The number of fused-ring (bicyclic) bond motifs is 1. The van der Waals surface area contributed by atoms with Crippen molar-refractivity contribution in [2.75, 3.05) is 5.75 Å². The first-order valence-electron chi connectivity index (χ1n) is 7.47. The molecule has 0 spiro atoms. The van der Waals surface area contributed by atoms with Gasteiger partial charge >= 0.3 is 0 Å². The van der Waals surface area contributed by atoms with Gasteiger partial charge in [0.05, 0.1) is 5.97 Å². The van der Waals surface area contributed by atoms with Gasteiger partial charge in [-0.25, -0.2) is 4.98 Å². The molecule has 0 amide bonds. The molecule has 0 fully saturated rings. The topological polar surface area (TPSA) is 53.0 Å². The predicted octanol–water partition coefficient (Wildman–Crippen LogP) is 2.11. The second-order valence-corrected chi connectivity index (χ2v) is 8.01. The number of aromatic nitrogens is 1. The molecule has 116 valence electrons. The Balaban J connectivity index is 1.88. The lowest BCUT2D eigenvalue weighted by Gasteiger charge is -2.29. The van der Waals surface area contributed by atoms with E-state index in [1.165, 1.54) is 22.7 Å². The highest BCUT2D eigenvalue weighted by Crippen LogP contribution is 2.38. The number of pyridine rings is 1. The Morgan fingerprint density at radius 2 is 2.04 bits per heavy atom. The smallest absolute Gasteiger partial charge is 0.173 e. The lowest BCUT2D eigenvalue weighted by atomic mass is 9.82. The molecule has 0 bridgehead atoms. The van der Waals surface area contributed by atoms with Crippen LogP contribution in [0, 0.1) is 11.2 Å². The number of carboxylic acid groups (broad SMARTS) is 1. The molecule has 1 atom stereocenters. The molecule has 0 aliphatic carbocycles. The van der Waals surface area contributed by atoms with Gasteiger partial charge in [-0.05, 0) is 23.6 Å². The van der Waals surface area contributed by atoms with Crippen LogP contribution < -0.4 is 5.11 Å². The van der Waals surface area contributed by atoms with Gasteiger partial charge in [0.1, 0.15) is 22.3 Å². The van der Waals surface area contributed by atoms with Crippen LogP contribution in [0.3, 0.4) is 0 Å². The standard InChI is InChI=1S/C19H17NO2S/c1-19(2)10-12-23(17-6-4-3-5-16(17)19)11-9-15-8-7-14(13-20-15)18(21)22/h3-8,13H,10,12H2,1-2H3. The number of hydrogen-bond acceptors (Lipinski definition) is 3. The monoisotopic (exact) mass is 323 g/mol. The minimum absolute atomic E-state index is 0.0720. The molecule has 23 heavy (non-hydrogen) atoms. The van der Waals surface area contributed by atoms with Gasteiger partial charge in [-0.15, -0.1) is 0 Å². The van der Waals surface area contributed by atoms with E-state index in [0.717, 1.165) is 12.2 Å². The highest BCUT2D eigenvalue weighted by Gasteiger charge is 2.38. The second kappa shape index (κ2) is 6.10. The minimum atomic E-state index is -1.22. The van der Waals surface area contributed by atoms with Crippen LogP contribution in [0.2, 0.25) is 0 Å². The van der Waals surface area contributed by atoms with Crippen molar-refractivity contribution in [3.05, 3.63) is 59.4 Å². The Hall–Kier alpha value is -2.25. The maximum absolute atomic E-state index is 10.7. The van der Waals surface area contributed by atoms with Gasteiger partial charge < -0.3 is 9.90 Å². The summed E-state index contributed by atoms with van der Waals surface area (Å²) in [6, 6.07) is 11.6. The lowest BCUT2D eigenvalue weighted by molar-refractivity contribution is -0.255. The van der Waals surface area contributed by atoms with E-state index in [2.05, 4.69) is 54.3 Å². The van der Waals surface area contributed by atoms with Crippen LogP contribution in [-0.2, 0) is 16.3 Å². The van der Waals surface area contributed by atoms with Gasteiger partial charge in [-0.1, -0.05) is 32.0 Å². The Labute approximate surface area is 139 Å². The third-order valence-corrected chi connectivity index (χ3v) is 5.96. The molecule has 3 nitrogen and oxygen atoms in total. The molecule has 0 N–H and O–H groups in total. The van der Waals surface area contributed by atoms with Gasteiger partial charge in [0.15, 0.2) is 10.1 Å². The van der Waals surface area contributed by atoms with Crippen molar-refractivity contribution in [3.8, 4) is 11.2 Å². The van der Waals surface area contributed by atoms with Crippen molar-refractivity contribution < 1.29 is 9.90 Å². The van der Waals surface area contributed by atoms with E-state index >= 15 is 0 Å². The van der Waals surface area contributed by atoms with Crippen molar-refractivity contribution >= 4 is 16.9 Å². The number of carboxylic acids is 1. The summed E-state index contributed by atoms with van der Waals surface area (Å²) in [4.78, 5) is 16.1. The third-order valence-electron chi connectivity index (χ3n) is 4.11. The Morgan fingerprint density at radius 1 is 1.26 bits per heavy atom. The summed E-state index contributed by atoms with van der Waals surface area (Å²) in [5.41, 5.74) is 2.23. The van der Waals surface area contributed by atoms with E-state index in [0.29, 0.717) is 5.69 Å². The fourth-order valence-corrected chi connectivity index (χ4v) is 4.88. The molecule has 2 aromatic rings. The zero-order valence-electron chi connectivity index (χ0n) is 13.1. The molecule has 1 aliphatic heterocycles. The van der Waals surface area contributed by atoms with Crippen molar-refractivity contribution in [1.29, 1.82) is 0 Å². The summed E-state index contributed by atoms with van der Waals surface area (Å²) in [5.74, 6) is 2.92. The summed E-state index contributed by atoms with van der Waals surface area (Å²) >= 11 is 0. The van der Waals surface area contributed by atoms with E-state index in [1.54, 1.807) is 6.07 Å². The maximum Gasteiger partial charge on any atom is 0.173 e. The van der Waals surface area contributed by atoms with Gasteiger partial charge in [0.2, 0.25) is 0 Å². The van der Waals surface area contributed by atoms with Gasteiger partial charge in [0.25, 0.3) is 0 Å². The average molecular weight is 323 g/mol. The molecule has 1 unspecified atom stereocenters. The molecule has 1 aromatic carbocycles. The highest BCUT2D eigenvalue weighted by atomic mass is 32.2. The van der Waals surface area contributed by atoms with Crippen LogP contribution in [0.5, 0.6) is 0 Å². The molecular formula is C19H17NO2S. The molecule has 4 heteroatoms. The normalized spacial score (nSPS) is 18.4. The Morgan fingerprint density at radius 3 is 2.74 bits per heavy atom. The number of benzene rings is 1. The fraction of sp³-hybridized carbons (Fsp3) is 0.263. The number of hydrogen-bond donors (Lipinski definition) is 0. The largest absolute Gasteiger partial charge is 0.545 e. The molecule has 0 radical (unpaired) electrons. The second-order valence-electron chi connectivity index (χ2n) is 6.17. The molecule has 0 saturated heterocycles. The van der Waals surface area contributed by atoms with E-state index in [9.17, 15) is 9.90 Å². The zero-order chi connectivity index (χ0) is 16.4. The average Bonchev–Trinajstić information content (AvgIpc) is 2.55. The maximum atomic E-state index is 10.7. The number of carbonyl (C=O) groups excluding carboxylic acids is 1. The van der Waals surface area contributed by atoms with Gasteiger partial charge in [-0.2, -0.15) is 0 Å². The highest BCUT2D eigenvalue weighted by molar-refractivity contribution is 8.01. The molecule has 1 aliphatic rings. The number of nitrogens with zero attached hydrogens (tertiary/aromatic N) is 1. The molecule has 2 heterocycles. The molecule has 1 aromatic heterocycles. The number of carbonyl (C=O) groups is 1. The van der Waals surface area contributed by atoms with Gasteiger partial charge in [-0.3, -0.25) is 0 Å². The SMILES string of the molecule is CC1(C)CC[S+](C#Cc2ccc(C(=O)[O-])cn2)c2ccccc21. The molecular weight excluding hydrogens is 306 g/mol. The van der Waals surface area contributed by atoms with E-state index in [4.69, 9.17) is 0 Å². The number of rotatable bonds is 1. The lowest BCUT2D eigenvalue weighted by Crippen LogP contribution is -2.29. The van der Waals surface area contributed by atoms with Crippen LogP contribution in [0.25, 0.3) is 0 Å². The quantitative estimate of drug-likeness (QED) is 0.597. The first-order valence-corrected chi connectivity index (χ1v) is 8.86. The van der Waals surface area contributed by atoms with E-state index in [-0.39, 0.29) is 21.9 Å². The van der Waals surface area contributed by atoms with Crippen LogP contribution in [-0.4, -0.2) is 16.7 Å². The van der Waals surface area contributed by atoms with Crippen molar-refractivity contribution in [2.24, 2.45) is 0 Å². The number of aromatic carboxylic acids is 1. The van der Waals surface area contributed by atoms with Crippen LogP contribution in [0.4, 0.5) is 0 Å². The minimum Gasteiger partial charge on any atom is -0.545 e. The van der Waals surface area contributed by atoms with Crippen molar-refractivity contribution in [2.45, 2.75) is 30.6 Å². The summed E-state index contributed by atoms with van der Waals surface area (Å²) < 4.78 is 0. The van der Waals surface area contributed by atoms with Gasteiger partial charge in [0, 0.05) is 29.7 Å². The first kappa shape index (κ1) is 15.6. The Kier molecular flexibility index (Phi) is 4.14. The summed E-state index contributed by atoms with van der Waals surface area (Å²) in [6.45, 7) is 4.56. The zero-order valence-corrected chi connectivity index (χ0v) is 13.9. The summed E-state index contributed by atoms with van der Waals surface area (Å²) in [6.07, 6.45) is 2.40. The fourth-order valence-electron chi connectivity index (χ4n) is 2.65. The third kappa shape index (κ3) is 3.25. The van der Waals surface area contributed by atoms with E-state index in [1.807, 2.05) is 0 Å². The predicted molar refractivity (Wildman–Crippen MR) is 90.0 cm³/mol. The summed E-state index contributed by atoms with van der Waals surface area (Å²) in [7, 11) is -0.111. The van der Waals surface area contributed by atoms with Crippen LogP contribution in [0.15, 0.2) is 47.5 Å². The van der Waals surface area contributed by atoms with E-state index < -0.39 is 5.97 Å². The van der Waals surface area contributed by atoms with Crippen LogP contribution in [0.1, 0.15) is 41.9 Å².